The molecule has 1 aromatic heterocycles. The molecule has 0 saturated carbocycles. The van der Waals surface area contributed by atoms with Crippen LogP contribution >= 0.6 is 0 Å². The van der Waals surface area contributed by atoms with Gasteiger partial charge in [-0.25, -0.2) is 0 Å². The number of ether oxygens (including phenoxy) is 1. The SMILES string of the molecule is COc1ccc(C(=O)N2CCC(CCc3ccc(C)cc3)CC2)nn1. The third-order valence-electron chi connectivity index (χ3n) is 4.93. The fourth-order valence-electron chi connectivity index (χ4n) is 3.26. The van der Waals surface area contributed by atoms with Gasteiger partial charge in [-0.15, -0.1) is 10.2 Å². The highest BCUT2D eigenvalue weighted by molar-refractivity contribution is 5.92. The Labute approximate surface area is 149 Å². The van der Waals surface area contributed by atoms with Crippen LogP contribution in [0, 0.1) is 12.8 Å². The average Bonchev–Trinajstić information content (AvgIpc) is 2.67. The minimum atomic E-state index is -0.0351. The second-order valence-electron chi connectivity index (χ2n) is 6.72. The minimum Gasteiger partial charge on any atom is -0.480 e. The molecule has 5 heteroatoms. The standard InChI is InChI=1S/C20H25N3O2/c1-15-3-5-16(6-4-15)7-8-17-11-13-23(14-12-17)20(24)18-9-10-19(25-2)22-21-18/h3-6,9-10,17H,7-8,11-14H2,1-2H3. The first kappa shape index (κ1) is 17.4. The van der Waals surface area contributed by atoms with Crippen molar-refractivity contribution in [1.29, 1.82) is 0 Å². The van der Waals surface area contributed by atoms with E-state index in [4.69, 9.17) is 4.74 Å². The maximum absolute atomic E-state index is 12.5. The van der Waals surface area contributed by atoms with E-state index in [1.165, 1.54) is 24.7 Å². The van der Waals surface area contributed by atoms with Crippen LogP contribution in [0.4, 0.5) is 0 Å². The Bertz CT molecular complexity index is 690. The van der Waals surface area contributed by atoms with Crippen LogP contribution in [0.25, 0.3) is 0 Å². The van der Waals surface area contributed by atoms with Crippen LogP contribution in [0.1, 0.15) is 40.9 Å². The number of nitrogens with zero attached hydrogens (tertiary/aromatic N) is 3. The molecule has 0 radical (unpaired) electrons. The number of aromatic nitrogens is 2. The molecular formula is C20H25N3O2. The predicted molar refractivity (Wildman–Crippen MR) is 96.7 cm³/mol. The van der Waals surface area contributed by atoms with Gasteiger partial charge >= 0.3 is 0 Å². The molecule has 0 unspecified atom stereocenters. The summed E-state index contributed by atoms with van der Waals surface area (Å²) in [7, 11) is 1.53. The number of hydrogen-bond acceptors (Lipinski definition) is 4. The Hall–Kier alpha value is -2.43. The van der Waals surface area contributed by atoms with Crippen LogP contribution in [0.5, 0.6) is 5.88 Å². The van der Waals surface area contributed by atoms with Gasteiger partial charge in [0.25, 0.3) is 5.91 Å². The lowest BCUT2D eigenvalue weighted by molar-refractivity contribution is 0.0679. The number of aryl methyl sites for hydroxylation is 2. The highest BCUT2D eigenvalue weighted by Gasteiger charge is 2.24. The minimum absolute atomic E-state index is 0.0351. The Kier molecular flexibility index (Phi) is 5.64. The molecule has 3 rings (SSSR count). The van der Waals surface area contributed by atoms with Crippen LogP contribution in [0.3, 0.4) is 0 Å². The molecule has 1 aliphatic rings. The van der Waals surface area contributed by atoms with E-state index in [0.29, 0.717) is 17.5 Å². The number of piperidine rings is 1. The molecule has 0 N–H and O–H groups in total. The maximum atomic E-state index is 12.5. The first-order valence-corrected chi connectivity index (χ1v) is 8.88. The van der Waals surface area contributed by atoms with Gasteiger partial charge < -0.3 is 9.64 Å². The van der Waals surface area contributed by atoms with Gasteiger partial charge in [0.15, 0.2) is 5.69 Å². The molecule has 1 aromatic carbocycles. The number of carbonyl (C=O) groups is 1. The summed E-state index contributed by atoms with van der Waals surface area (Å²) in [6, 6.07) is 12.1. The molecule has 2 aromatic rings. The van der Waals surface area contributed by atoms with E-state index >= 15 is 0 Å². The molecule has 2 heterocycles. The summed E-state index contributed by atoms with van der Waals surface area (Å²) in [5, 5.41) is 7.84. The van der Waals surface area contributed by atoms with Gasteiger partial charge in [-0.05, 0) is 50.2 Å². The van der Waals surface area contributed by atoms with Crippen LogP contribution in [0.15, 0.2) is 36.4 Å². The van der Waals surface area contributed by atoms with Crippen molar-refractivity contribution >= 4 is 5.91 Å². The van der Waals surface area contributed by atoms with Crippen LogP contribution < -0.4 is 4.74 Å². The Morgan fingerprint density at radius 3 is 2.44 bits per heavy atom. The molecule has 0 atom stereocenters. The van der Waals surface area contributed by atoms with Crippen molar-refractivity contribution in [2.75, 3.05) is 20.2 Å². The number of rotatable bonds is 5. The number of carbonyl (C=O) groups excluding carboxylic acids is 1. The summed E-state index contributed by atoms with van der Waals surface area (Å²) in [5.74, 6) is 1.07. The van der Waals surface area contributed by atoms with Gasteiger partial charge in [-0.1, -0.05) is 29.8 Å². The summed E-state index contributed by atoms with van der Waals surface area (Å²) in [5.41, 5.74) is 3.09. The summed E-state index contributed by atoms with van der Waals surface area (Å²) < 4.78 is 4.98. The Morgan fingerprint density at radius 1 is 1.12 bits per heavy atom. The molecule has 1 saturated heterocycles. The van der Waals surface area contributed by atoms with Crippen molar-refractivity contribution in [1.82, 2.24) is 15.1 Å². The van der Waals surface area contributed by atoms with Crippen LogP contribution in [-0.4, -0.2) is 41.2 Å². The van der Waals surface area contributed by atoms with Crippen molar-refractivity contribution in [3.63, 3.8) is 0 Å². The zero-order chi connectivity index (χ0) is 17.6. The smallest absolute Gasteiger partial charge is 0.274 e. The van der Waals surface area contributed by atoms with E-state index in [-0.39, 0.29) is 5.91 Å². The number of benzene rings is 1. The molecular weight excluding hydrogens is 314 g/mol. The van der Waals surface area contributed by atoms with Gasteiger partial charge in [0.05, 0.1) is 7.11 Å². The number of likely N-dealkylation sites (tertiary alicyclic amines) is 1. The lowest BCUT2D eigenvalue weighted by Gasteiger charge is -2.31. The molecule has 1 amide bonds. The molecule has 1 fully saturated rings. The van der Waals surface area contributed by atoms with E-state index in [1.807, 2.05) is 4.90 Å². The first-order chi connectivity index (χ1) is 12.2. The summed E-state index contributed by atoms with van der Waals surface area (Å²) in [4.78, 5) is 14.4. The summed E-state index contributed by atoms with van der Waals surface area (Å²) in [6.45, 7) is 3.71. The normalized spacial score (nSPS) is 15.2. The molecule has 0 spiro atoms. The quantitative estimate of drug-likeness (QED) is 0.839. The van der Waals surface area contributed by atoms with E-state index in [2.05, 4.69) is 41.4 Å². The van der Waals surface area contributed by atoms with Crippen LogP contribution in [-0.2, 0) is 6.42 Å². The van der Waals surface area contributed by atoms with Crippen molar-refractivity contribution in [2.24, 2.45) is 5.92 Å². The number of amides is 1. The summed E-state index contributed by atoms with van der Waals surface area (Å²) >= 11 is 0. The second-order valence-corrected chi connectivity index (χ2v) is 6.72. The Morgan fingerprint density at radius 2 is 1.84 bits per heavy atom. The van der Waals surface area contributed by atoms with Gasteiger partial charge in [0, 0.05) is 19.2 Å². The van der Waals surface area contributed by atoms with E-state index < -0.39 is 0 Å². The number of hydrogen-bond donors (Lipinski definition) is 0. The van der Waals surface area contributed by atoms with Crippen molar-refractivity contribution < 1.29 is 9.53 Å². The monoisotopic (exact) mass is 339 g/mol. The van der Waals surface area contributed by atoms with Crippen LogP contribution in [0.2, 0.25) is 0 Å². The molecule has 1 aliphatic heterocycles. The second kappa shape index (κ2) is 8.10. The fraction of sp³-hybridized carbons (Fsp3) is 0.450. The highest BCUT2D eigenvalue weighted by atomic mass is 16.5. The molecule has 0 bridgehead atoms. The van der Waals surface area contributed by atoms with Crippen molar-refractivity contribution in [2.45, 2.75) is 32.6 Å². The zero-order valence-electron chi connectivity index (χ0n) is 14.9. The lowest BCUT2D eigenvalue weighted by atomic mass is 9.90. The van der Waals surface area contributed by atoms with Gasteiger partial charge in [0.1, 0.15) is 0 Å². The summed E-state index contributed by atoms with van der Waals surface area (Å²) in [6.07, 6.45) is 4.42. The van der Waals surface area contributed by atoms with Crippen molar-refractivity contribution in [3.8, 4) is 5.88 Å². The third kappa shape index (κ3) is 4.56. The molecule has 132 valence electrons. The topological polar surface area (TPSA) is 55.3 Å². The predicted octanol–water partition coefficient (Wildman–Crippen LogP) is 3.28. The van der Waals surface area contributed by atoms with Gasteiger partial charge in [-0.3, -0.25) is 4.79 Å². The average molecular weight is 339 g/mol. The van der Waals surface area contributed by atoms with Crippen molar-refractivity contribution in [3.05, 3.63) is 53.2 Å². The highest BCUT2D eigenvalue weighted by Crippen LogP contribution is 2.23. The van der Waals surface area contributed by atoms with E-state index in [9.17, 15) is 4.79 Å². The zero-order valence-corrected chi connectivity index (χ0v) is 14.9. The van der Waals surface area contributed by atoms with E-state index in [0.717, 1.165) is 32.4 Å². The van der Waals surface area contributed by atoms with E-state index in [1.54, 1.807) is 12.1 Å². The largest absolute Gasteiger partial charge is 0.480 e. The van der Waals surface area contributed by atoms with Gasteiger partial charge in [-0.2, -0.15) is 0 Å². The fourth-order valence-corrected chi connectivity index (χ4v) is 3.26. The lowest BCUT2D eigenvalue weighted by Crippen LogP contribution is -2.39. The first-order valence-electron chi connectivity index (χ1n) is 8.88. The molecule has 25 heavy (non-hydrogen) atoms. The molecule has 0 aliphatic carbocycles. The number of methoxy groups -OCH3 is 1. The third-order valence-corrected chi connectivity index (χ3v) is 4.93. The Balaban J connectivity index is 1.47. The maximum Gasteiger partial charge on any atom is 0.274 e. The van der Waals surface area contributed by atoms with Gasteiger partial charge in [0.2, 0.25) is 5.88 Å². The molecule has 5 nitrogen and oxygen atoms in total.